The molecule has 0 aliphatic heterocycles. The summed E-state index contributed by atoms with van der Waals surface area (Å²) in [6.45, 7) is 2.06. The van der Waals surface area contributed by atoms with E-state index < -0.39 is 0 Å². The summed E-state index contributed by atoms with van der Waals surface area (Å²) < 4.78 is 7.11. The molecule has 1 aromatic heterocycles. The highest BCUT2D eigenvalue weighted by molar-refractivity contribution is 5.85. The van der Waals surface area contributed by atoms with Crippen molar-refractivity contribution in [1.82, 2.24) is 4.57 Å². The normalized spacial score (nSPS) is 15.7. The standard InChI is InChI=1S/C15H17NO2/c1-10-9-16(11-4-3-5-11)15(17)14-8-12(18-2)6-7-13(10)14/h6-9,11H,3-5H2,1-2H3. The number of fused-ring (bicyclic) bond motifs is 1. The molecule has 2 aromatic rings. The Morgan fingerprint density at radius 2 is 2.06 bits per heavy atom. The van der Waals surface area contributed by atoms with Gasteiger partial charge in [-0.05, 0) is 49.3 Å². The second-order valence-corrected chi connectivity index (χ2v) is 5.02. The lowest BCUT2D eigenvalue weighted by Gasteiger charge is -2.28. The molecule has 0 atom stereocenters. The summed E-state index contributed by atoms with van der Waals surface area (Å²) in [5, 5.41) is 1.79. The van der Waals surface area contributed by atoms with Gasteiger partial charge in [0.15, 0.2) is 0 Å². The molecule has 1 aromatic carbocycles. The summed E-state index contributed by atoms with van der Waals surface area (Å²) in [4.78, 5) is 12.5. The van der Waals surface area contributed by atoms with E-state index >= 15 is 0 Å². The largest absolute Gasteiger partial charge is 0.497 e. The van der Waals surface area contributed by atoms with E-state index in [1.807, 2.05) is 29.0 Å². The first-order chi connectivity index (χ1) is 8.70. The minimum atomic E-state index is 0.110. The molecule has 1 aliphatic carbocycles. The lowest BCUT2D eigenvalue weighted by molar-refractivity contribution is 0.307. The van der Waals surface area contributed by atoms with E-state index in [0.29, 0.717) is 6.04 Å². The van der Waals surface area contributed by atoms with E-state index in [1.165, 1.54) is 6.42 Å². The third-order valence-corrected chi connectivity index (χ3v) is 3.92. The van der Waals surface area contributed by atoms with Crippen molar-refractivity contribution in [2.24, 2.45) is 0 Å². The second-order valence-electron chi connectivity index (χ2n) is 5.02. The zero-order valence-corrected chi connectivity index (χ0v) is 10.8. The summed E-state index contributed by atoms with van der Waals surface area (Å²) in [7, 11) is 1.63. The number of rotatable bonds is 2. The molecule has 0 saturated heterocycles. The van der Waals surface area contributed by atoms with Crippen molar-refractivity contribution in [2.75, 3.05) is 7.11 Å². The molecule has 0 spiro atoms. The Kier molecular flexibility index (Phi) is 2.62. The highest BCUT2D eigenvalue weighted by Gasteiger charge is 2.21. The minimum Gasteiger partial charge on any atom is -0.497 e. The fourth-order valence-electron chi connectivity index (χ4n) is 2.58. The molecule has 3 nitrogen and oxygen atoms in total. The molecule has 0 amide bonds. The van der Waals surface area contributed by atoms with Crippen LogP contribution < -0.4 is 10.3 Å². The number of nitrogens with zero attached hydrogens (tertiary/aromatic N) is 1. The number of hydrogen-bond acceptors (Lipinski definition) is 2. The molecule has 0 radical (unpaired) electrons. The van der Waals surface area contributed by atoms with Gasteiger partial charge in [-0.3, -0.25) is 4.79 Å². The predicted octanol–water partition coefficient (Wildman–Crippen LogP) is 3.04. The maximum Gasteiger partial charge on any atom is 0.258 e. The van der Waals surface area contributed by atoms with Crippen LogP contribution >= 0.6 is 0 Å². The van der Waals surface area contributed by atoms with Crippen molar-refractivity contribution < 1.29 is 4.74 Å². The molecule has 0 bridgehead atoms. The van der Waals surface area contributed by atoms with Gasteiger partial charge in [-0.2, -0.15) is 0 Å². The molecule has 3 rings (SSSR count). The van der Waals surface area contributed by atoms with Crippen LogP contribution in [0, 0.1) is 6.92 Å². The Hall–Kier alpha value is -1.77. The van der Waals surface area contributed by atoms with E-state index in [1.54, 1.807) is 7.11 Å². The first-order valence-corrected chi connectivity index (χ1v) is 6.40. The number of hydrogen-bond donors (Lipinski definition) is 0. The number of benzene rings is 1. The van der Waals surface area contributed by atoms with Gasteiger partial charge in [-0.15, -0.1) is 0 Å². The van der Waals surface area contributed by atoms with Gasteiger partial charge >= 0.3 is 0 Å². The first kappa shape index (κ1) is 11.3. The van der Waals surface area contributed by atoms with E-state index in [-0.39, 0.29) is 5.56 Å². The van der Waals surface area contributed by atoms with Gasteiger partial charge < -0.3 is 9.30 Å². The number of methoxy groups -OCH3 is 1. The fourth-order valence-corrected chi connectivity index (χ4v) is 2.58. The van der Waals surface area contributed by atoms with Crippen LogP contribution in [-0.2, 0) is 0 Å². The predicted molar refractivity (Wildman–Crippen MR) is 72.4 cm³/mol. The maximum atomic E-state index is 12.5. The van der Waals surface area contributed by atoms with Gasteiger partial charge in [0, 0.05) is 12.2 Å². The van der Waals surface area contributed by atoms with E-state index in [4.69, 9.17) is 4.74 Å². The zero-order chi connectivity index (χ0) is 12.7. The van der Waals surface area contributed by atoms with Gasteiger partial charge in [0.05, 0.1) is 12.5 Å². The smallest absolute Gasteiger partial charge is 0.258 e. The van der Waals surface area contributed by atoms with Gasteiger partial charge in [-0.25, -0.2) is 0 Å². The van der Waals surface area contributed by atoms with Gasteiger partial charge in [0.1, 0.15) is 5.75 Å². The highest BCUT2D eigenvalue weighted by atomic mass is 16.5. The molecule has 0 unspecified atom stereocenters. The molecular weight excluding hydrogens is 226 g/mol. The second kappa shape index (κ2) is 4.16. The van der Waals surface area contributed by atoms with Crippen molar-refractivity contribution in [2.45, 2.75) is 32.2 Å². The number of pyridine rings is 1. The molecule has 1 saturated carbocycles. The Morgan fingerprint density at radius 3 is 2.67 bits per heavy atom. The van der Waals surface area contributed by atoms with Crippen molar-refractivity contribution >= 4 is 10.8 Å². The number of aromatic nitrogens is 1. The maximum absolute atomic E-state index is 12.5. The molecule has 1 aliphatic rings. The van der Waals surface area contributed by atoms with Crippen LogP contribution in [0.25, 0.3) is 10.8 Å². The van der Waals surface area contributed by atoms with Gasteiger partial charge in [-0.1, -0.05) is 6.07 Å². The van der Waals surface area contributed by atoms with Crippen LogP contribution in [0.3, 0.4) is 0 Å². The van der Waals surface area contributed by atoms with Crippen molar-refractivity contribution in [1.29, 1.82) is 0 Å². The van der Waals surface area contributed by atoms with Crippen LogP contribution in [0.15, 0.2) is 29.2 Å². The monoisotopic (exact) mass is 243 g/mol. The molecular formula is C15H17NO2. The third kappa shape index (κ3) is 1.62. The van der Waals surface area contributed by atoms with Gasteiger partial charge in [0.2, 0.25) is 0 Å². The van der Waals surface area contributed by atoms with Gasteiger partial charge in [0.25, 0.3) is 5.56 Å². The lowest BCUT2D eigenvalue weighted by Crippen LogP contribution is -2.29. The highest BCUT2D eigenvalue weighted by Crippen LogP contribution is 2.31. The van der Waals surface area contributed by atoms with Crippen molar-refractivity contribution in [3.05, 3.63) is 40.3 Å². The molecule has 18 heavy (non-hydrogen) atoms. The third-order valence-electron chi connectivity index (χ3n) is 3.92. The average molecular weight is 243 g/mol. The molecule has 0 N–H and O–H groups in total. The van der Waals surface area contributed by atoms with E-state index in [0.717, 1.165) is 34.9 Å². The summed E-state index contributed by atoms with van der Waals surface area (Å²) in [6, 6.07) is 6.12. The van der Waals surface area contributed by atoms with Crippen LogP contribution in [0.1, 0.15) is 30.9 Å². The van der Waals surface area contributed by atoms with Crippen molar-refractivity contribution in [3.63, 3.8) is 0 Å². The van der Waals surface area contributed by atoms with Crippen LogP contribution in [-0.4, -0.2) is 11.7 Å². The molecule has 1 heterocycles. The first-order valence-electron chi connectivity index (χ1n) is 6.40. The number of aryl methyl sites for hydroxylation is 1. The van der Waals surface area contributed by atoms with E-state index in [2.05, 4.69) is 6.92 Å². The SMILES string of the molecule is COc1ccc2c(C)cn(C3CCC3)c(=O)c2c1. The Balaban J connectivity index is 2.28. The van der Waals surface area contributed by atoms with Crippen molar-refractivity contribution in [3.8, 4) is 5.75 Å². The quantitative estimate of drug-likeness (QED) is 0.811. The van der Waals surface area contributed by atoms with Crippen LogP contribution in [0.5, 0.6) is 5.75 Å². The average Bonchev–Trinajstić information content (AvgIpc) is 2.33. The molecule has 3 heteroatoms. The number of ether oxygens (including phenoxy) is 1. The summed E-state index contributed by atoms with van der Waals surface area (Å²) in [6.07, 6.45) is 5.47. The summed E-state index contributed by atoms with van der Waals surface area (Å²) in [5.74, 6) is 0.741. The molecule has 1 fully saturated rings. The molecule has 94 valence electrons. The minimum absolute atomic E-state index is 0.110. The summed E-state index contributed by atoms with van der Waals surface area (Å²) >= 11 is 0. The fraction of sp³-hybridized carbons (Fsp3) is 0.400. The van der Waals surface area contributed by atoms with E-state index in [9.17, 15) is 4.79 Å². The topological polar surface area (TPSA) is 31.2 Å². The Bertz CT molecular complexity index is 653. The van der Waals surface area contributed by atoms with Crippen LogP contribution in [0.2, 0.25) is 0 Å². The zero-order valence-electron chi connectivity index (χ0n) is 10.8. The Labute approximate surface area is 106 Å². The lowest BCUT2D eigenvalue weighted by atomic mass is 9.92. The Morgan fingerprint density at radius 1 is 1.28 bits per heavy atom. The summed E-state index contributed by atoms with van der Waals surface area (Å²) in [5.41, 5.74) is 1.26. The van der Waals surface area contributed by atoms with Crippen LogP contribution in [0.4, 0.5) is 0 Å².